The van der Waals surface area contributed by atoms with E-state index in [-0.39, 0.29) is 18.5 Å². The van der Waals surface area contributed by atoms with E-state index in [1.807, 2.05) is 0 Å². The molecule has 0 saturated carbocycles. The third-order valence-electron chi connectivity index (χ3n) is 4.78. The normalized spacial score (nSPS) is 10.6. The number of rotatable bonds is 8. The minimum absolute atomic E-state index is 0.0336. The summed E-state index contributed by atoms with van der Waals surface area (Å²) in [6, 6.07) is 8.73. The molecule has 1 amide bonds. The second-order valence-electron chi connectivity index (χ2n) is 6.89. The number of amides is 1. The second kappa shape index (κ2) is 9.90. The van der Waals surface area contributed by atoms with Crippen molar-refractivity contribution in [3.05, 3.63) is 64.5 Å². The standard InChI is InChI=1S/C22H22FN3O6/c1-30-16-6-14(7-17(9-16)31-2)10-25(12-21(28)32-3)20(27)11-26-13-24-19-5-4-15(23)8-18(19)22(26)29/h4-9,13H,10-12H2,1-3H3. The van der Waals surface area contributed by atoms with E-state index in [9.17, 15) is 18.8 Å². The van der Waals surface area contributed by atoms with Gasteiger partial charge in [-0.2, -0.15) is 0 Å². The van der Waals surface area contributed by atoms with Crippen molar-refractivity contribution in [1.29, 1.82) is 0 Å². The number of methoxy groups -OCH3 is 3. The van der Waals surface area contributed by atoms with E-state index in [4.69, 9.17) is 14.2 Å². The zero-order valence-electron chi connectivity index (χ0n) is 17.8. The maximum absolute atomic E-state index is 13.6. The van der Waals surface area contributed by atoms with Crippen LogP contribution in [-0.4, -0.2) is 54.2 Å². The lowest BCUT2D eigenvalue weighted by Gasteiger charge is -2.22. The average Bonchev–Trinajstić information content (AvgIpc) is 2.80. The molecule has 0 bridgehead atoms. The molecule has 0 radical (unpaired) electrons. The van der Waals surface area contributed by atoms with Crippen molar-refractivity contribution in [3.63, 3.8) is 0 Å². The third-order valence-corrected chi connectivity index (χ3v) is 4.78. The molecular weight excluding hydrogens is 421 g/mol. The highest BCUT2D eigenvalue weighted by Crippen LogP contribution is 2.23. The fourth-order valence-corrected chi connectivity index (χ4v) is 3.12. The predicted octanol–water partition coefficient (Wildman–Crippen LogP) is 1.75. The van der Waals surface area contributed by atoms with Gasteiger partial charge in [-0.05, 0) is 35.9 Å². The number of fused-ring (bicyclic) bond motifs is 1. The molecule has 0 unspecified atom stereocenters. The van der Waals surface area contributed by atoms with Crippen molar-refractivity contribution < 1.29 is 28.2 Å². The van der Waals surface area contributed by atoms with Crippen molar-refractivity contribution in [2.24, 2.45) is 0 Å². The summed E-state index contributed by atoms with van der Waals surface area (Å²) >= 11 is 0. The summed E-state index contributed by atoms with van der Waals surface area (Å²) in [5, 5.41) is 0.0531. The fourth-order valence-electron chi connectivity index (χ4n) is 3.12. The van der Waals surface area contributed by atoms with Gasteiger partial charge in [0.1, 0.15) is 30.4 Å². The van der Waals surface area contributed by atoms with Gasteiger partial charge in [-0.1, -0.05) is 0 Å². The van der Waals surface area contributed by atoms with E-state index in [1.54, 1.807) is 18.2 Å². The number of carbonyl (C=O) groups excluding carboxylic acids is 2. The summed E-state index contributed by atoms with van der Waals surface area (Å²) in [6.45, 7) is -0.693. The molecule has 0 aliphatic carbocycles. The molecule has 9 nitrogen and oxygen atoms in total. The first-order valence-electron chi connectivity index (χ1n) is 9.56. The molecule has 168 valence electrons. The number of carbonyl (C=O) groups is 2. The molecule has 0 atom stereocenters. The first-order chi connectivity index (χ1) is 15.3. The van der Waals surface area contributed by atoms with Gasteiger partial charge in [-0.25, -0.2) is 9.37 Å². The number of ether oxygens (including phenoxy) is 3. The Kier molecular flexibility index (Phi) is 7.04. The van der Waals surface area contributed by atoms with Crippen LogP contribution in [0, 0.1) is 5.82 Å². The van der Waals surface area contributed by atoms with Crippen LogP contribution in [0.1, 0.15) is 5.56 Å². The molecule has 2 aromatic carbocycles. The summed E-state index contributed by atoms with van der Waals surface area (Å²) in [6.07, 6.45) is 1.21. The molecule has 0 N–H and O–H groups in total. The highest BCUT2D eigenvalue weighted by molar-refractivity contribution is 5.82. The highest BCUT2D eigenvalue weighted by Gasteiger charge is 2.20. The van der Waals surface area contributed by atoms with E-state index < -0.39 is 29.8 Å². The van der Waals surface area contributed by atoms with Gasteiger partial charge in [0, 0.05) is 12.6 Å². The van der Waals surface area contributed by atoms with Gasteiger partial charge in [0.25, 0.3) is 5.56 Å². The summed E-state index contributed by atoms with van der Waals surface area (Å²) < 4.78 is 29.8. The van der Waals surface area contributed by atoms with Crippen molar-refractivity contribution in [2.45, 2.75) is 13.1 Å². The minimum Gasteiger partial charge on any atom is -0.497 e. The van der Waals surface area contributed by atoms with E-state index in [2.05, 4.69) is 4.98 Å². The van der Waals surface area contributed by atoms with Crippen LogP contribution >= 0.6 is 0 Å². The molecule has 10 heteroatoms. The molecule has 0 aliphatic rings. The first kappa shape index (κ1) is 22.7. The van der Waals surface area contributed by atoms with E-state index in [0.717, 1.165) is 10.6 Å². The highest BCUT2D eigenvalue weighted by atomic mass is 19.1. The Morgan fingerprint density at radius 2 is 1.75 bits per heavy atom. The quantitative estimate of drug-likeness (QED) is 0.489. The maximum atomic E-state index is 13.6. The molecule has 1 heterocycles. The largest absolute Gasteiger partial charge is 0.497 e. The van der Waals surface area contributed by atoms with Crippen molar-refractivity contribution >= 4 is 22.8 Å². The van der Waals surface area contributed by atoms with Crippen LogP contribution in [0.25, 0.3) is 10.9 Å². The number of esters is 1. The zero-order valence-corrected chi connectivity index (χ0v) is 17.8. The molecule has 3 rings (SSSR count). The maximum Gasteiger partial charge on any atom is 0.325 e. The molecule has 0 aliphatic heterocycles. The summed E-state index contributed by atoms with van der Waals surface area (Å²) in [7, 11) is 4.21. The van der Waals surface area contributed by atoms with Gasteiger partial charge in [0.2, 0.25) is 5.91 Å². The molecule has 0 saturated heterocycles. The van der Waals surface area contributed by atoms with Crippen molar-refractivity contribution in [2.75, 3.05) is 27.9 Å². The van der Waals surface area contributed by atoms with Gasteiger partial charge in [-0.3, -0.25) is 19.0 Å². The molecule has 0 fully saturated rings. The fraction of sp³-hybridized carbons (Fsp3) is 0.273. The van der Waals surface area contributed by atoms with Gasteiger partial charge in [0.05, 0.1) is 38.6 Å². The second-order valence-corrected chi connectivity index (χ2v) is 6.89. The number of aromatic nitrogens is 2. The van der Waals surface area contributed by atoms with Crippen LogP contribution in [0.2, 0.25) is 0 Å². The summed E-state index contributed by atoms with van der Waals surface area (Å²) in [5.41, 5.74) is 0.392. The molecular formula is C22H22FN3O6. The van der Waals surface area contributed by atoms with E-state index in [0.29, 0.717) is 22.6 Å². The van der Waals surface area contributed by atoms with Gasteiger partial charge >= 0.3 is 5.97 Å². The Morgan fingerprint density at radius 1 is 1.06 bits per heavy atom. The zero-order chi connectivity index (χ0) is 23.3. The van der Waals surface area contributed by atoms with Crippen LogP contribution in [-0.2, 0) is 27.4 Å². The number of hydrogen-bond donors (Lipinski definition) is 0. The summed E-state index contributed by atoms with van der Waals surface area (Å²) in [5.74, 6) is -0.709. The predicted molar refractivity (Wildman–Crippen MR) is 113 cm³/mol. The summed E-state index contributed by atoms with van der Waals surface area (Å²) in [4.78, 5) is 43.0. The first-order valence-corrected chi connectivity index (χ1v) is 9.56. The van der Waals surface area contributed by atoms with Crippen molar-refractivity contribution in [3.8, 4) is 11.5 Å². The van der Waals surface area contributed by atoms with Gasteiger partial charge < -0.3 is 19.1 Å². The molecule has 0 spiro atoms. The minimum atomic E-state index is -0.626. The Labute approximate surface area is 182 Å². The molecule has 1 aromatic heterocycles. The number of benzene rings is 2. The average molecular weight is 443 g/mol. The Balaban J connectivity index is 1.90. The number of halogens is 1. The van der Waals surface area contributed by atoms with Crippen LogP contribution in [0.15, 0.2) is 47.5 Å². The van der Waals surface area contributed by atoms with Crippen LogP contribution in [0.4, 0.5) is 4.39 Å². The van der Waals surface area contributed by atoms with Crippen LogP contribution in [0.5, 0.6) is 11.5 Å². The van der Waals surface area contributed by atoms with Gasteiger partial charge in [-0.15, -0.1) is 0 Å². The molecule has 32 heavy (non-hydrogen) atoms. The van der Waals surface area contributed by atoms with Crippen LogP contribution in [0.3, 0.4) is 0 Å². The van der Waals surface area contributed by atoms with Crippen LogP contribution < -0.4 is 15.0 Å². The van der Waals surface area contributed by atoms with E-state index >= 15 is 0 Å². The van der Waals surface area contributed by atoms with Crippen molar-refractivity contribution in [1.82, 2.24) is 14.5 Å². The number of nitrogens with zero attached hydrogens (tertiary/aromatic N) is 3. The Bertz CT molecular complexity index is 1190. The lowest BCUT2D eigenvalue weighted by Crippen LogP contribution is -2.39. The lowest BCUT2D eigenvalue weighted by atomic mass is 10.2. The number of hydrogen-bond acceptors (Lipinski definition) is 7. The topological polar surface area (TPSA) is 100.0 Å². The lowest BCUT2D eigenvalue weighted by molar-refractivity contribution is -0.147. The molecule has 3 aromatic rings. The van der Waals surface area contributed by atoms with E-state index in [1.165, 1.54) is 44.7 Å². The third kappa shape index (κ3) is 5.20. The smallest absolute Gasteiger partial charge is 0.325 e. The monoisotopic (exact) mass is 443 g/mol. The SMILES string of the molecule is COC(=O)CN(Cc1cc(OC)cc(OC)c1)C(=O)Cn1cnc2ccc(F)cc2c1=O. The van der Waals surface area contributed by atoms with Gasteiger partial charge in [0.15, 0.2) is 0 Å². The Morgan fingerprint density at radius 3 is 2.38 bits per heavy atom. The Hall–Kier alpha value is -3.95.